The minimum atomic E-state index is -0.936. The van der Waals surface area contributed by atoms with Crippen LogP contribution in [0.1, 0.15) is 12.8 Å². The molecular formula is C10H10ClN3O3. The fourth-order valence-corrected chi connectivity index (χ4v) is 1.73. The second kappa shape index (κ2) is 4.58. The number of hydrogen-bond donors (Lipinski definition) is 3. The lowest BCUT2D eigenvalue weighted by molar-refractivity contribution is -0.137. The summed E-state index contributed by atoms with van der Waals surface area (Å²) in [5.41, 5.74) is 0.508. The molecule has 0 radical (unpaired) electrons. The van der Waals surface area contributed by atoms with E-state index in [1.54, 1.807) is 6.07 Å². The van der Waals surface area contributed by atoms with Crippen molar-refractivity contribution in [2.75, 3.05) is 10.6 Å². The molecule has 2 heterocycles. The molecule has 1 aliphatic heterocycles. The van der Waals surface area contributed by atoms with Gasteiger partial charge in [-0.05, 0) is 12.5 Å². The van der Waals surface area contributed by atoms with Gasteiger partial charge in [-0.3, -0.25) is 9.59 Å². The Hall–Kier alpha value is -1.82. The van der Waals surface area contributed by atoms with Crippen molar-refractivity contribution in [3.63, 3.8) is 0 Å². The Bertz CT molecular complexity index is 478. The molecule has 1 aromatic heterocycles. The minimum Gasteiger partial charge on any atom is -0.481 e. The van der Waals surface area contributed by atoms with Gasteiger partial charge in [0.1, 0.15) is 6.04 Å². The highest BCUT2D eigenvalue weighted by Crippen LogP contribution is 2.27. The zero-order valence-electron chi connectivity index (χ0n) is 8.74. The molecule has 0 aliphatic carbocycles. The molecule has 0 saturated heterocycles. The second-order valence-electron chi connectivity index (χ2n) is 3.67. The molecule has 1 amide bonds. The number of rotatable bonds is 3. The van der Waals surface area contributed by atoms with Gasteiger partial charge in [-0.1, -0.05) is 11.6 Å². The zero-order valence-corrected chi connectivity index (χ0v) is 9.49. The van der Waals surface area contributed by atoms with Crippen LogP contribution in [0.3, 0.4) is 0 Å². The highest BCUT2D eigenvalue weighted by molar-refractivity contribution is 6.31. The standard InChI is InChI=1S/C10H10ClN3O3/c11-5-3-7-9(12-4-5)13-6(10(17)14-7)1-2-8(15)16/h3-4,6H,1-2H2,(H,12,13)(H,14,17)(H,15,16). The van der Waals surface area contributed by atoms with Crippen molar-refractivity contribution in [1.82, 2.24) is 4.98 Å². The maximum Gasteiger partial charge on any atom is 0.303 e. The highest BCUT2D eigenvalue weighted by Gasteiger charge is 2.26. The second-order valence-corrected chi connectivity index (χ2v) is 4.10. The fraction of sp³-hybridized carbons (Fsp3) is 0.300. The first-order chi connectivity index (χ1) is 8.06. The summed E-state index contributed by atoms with van der Waals surface area (Å²) in [6.45, 7) is 0. The van der Waals surface area contributed by atoms with E-state index in [9.17, 15) is 9.59 Å². The maximum absolute atomic E-state index is 11.6. The first kappa shape index (κ1) is 11.7. The third-order valence-electron chi connectivity index (χ3n) is 2.39. The van der Waals surface area contributed by atoms with Gasteiger partial charge < -0.3 is 15.7 Å². The Morgan fingerprint density at radius 1 is 1.59 bits per heavy atom. The third-order valence-corrected chi connectivity index (χ3v) is 2.59. The maximum atomic E-state index is 11.6. The zero-order chi connectivity index (χ0) is 12.4. The SMILES string of the molecule is O=C(O)CCC1Nc2ncc(Cl)cc2NC1=O. The van der Waals surface area contributed by atoms with Gasteiger partial charge in [-0.15, -0.1) is 0 Å². The monoisotopic (exact) mass is 255 g/mol. The van der Waals surface area contributed by atoms with Gasteiger partial charge in [-0.2, -0.15) is 0 Å². The number of hydrogen-bond acceptors (Lipinski definition) is 4. The molecule has 0 bridgehead atoms. The fourth-order valence-electron chi connectivity index (χ4n) is 1.57. The van der Waals surface area contributed by atoms with Crippen LogP contribution in [-0.2, 0) is 9.59 Å². The number of nitrogens with zero attached hydrogens (tertiary/aromatic N) is 1. The molecule has 90 valence electrons. The summed E-state index contributed by atoms with van der Waals surface area (Å²) in [4.78, 5) is 26.1. The number of carboxylic acids is 1. The van der Waals surface area contributed by atoms with Crippen LogP contribution in [0.15, 0.2) is 12.3 Å². The average molecular weight is 256 g/mol. The summed E-state index contributed by atoms with van der Waals surface area (Å²) >= 11 is 5.74. The van der Waals surface area contributed by atoms with E-state index in [0.717, 1.165) is 0 Å². The smallest absolute Gasteiger partial charge is 0.303 e. The summed E-state index contributed by atoms with van der Waals surface area (Å²) < 4.78 is 0. The van der Waals surface area contributed by atoms with Gasteiger partial charge in [0, 0.05) is 12.6 Å². The van der Waals surface area contributed by atoms with E-state index in [-0.39, 0.29) is 18.7 Å². The number of halogens is 1. The topological polar surface area (TPSA) is 91.3 Å². The van der Waals surface area contributed by atoms with Crippen molar-refractivity contribution >= 4 is 35.0 Å². The number of anilines is 2. The van der Waals surface area contributed by atoms with Crippen LogP contribution >= 0.6 is 11.6 Å². The molecule has 1 aromatic rings. The molecule has 2 rings (SSSR count). The number of carbonyl (C=O) groups is 2. The van der Waals surface area contributed by atoms with E-state index in [1.165, 1.54) is 6.20 Å². The van der Waals surface area contributed by atoms with Gasteiger partial charge in [0.15, 0.2) is 5.82 Å². The van der Waals surface area contributed by atoms with Crippen molar-refractivity contribution in [2.24, 2.45) is 0 Å². The van der Waals surface area contributed by atoms with E-state index in [1.807, 2.05) is 0 Å². The number of carbonyl (C=O) groups excluding carboxylic acids is 1. The Balaban J connectivity index is 2.13. The van der Waals surface area contributed by atoms with Gasteiger partial charge in [0.2, 0.25) is 5.91 Å². The van der Waals surface area contributed by atoms with Crippen LogP contribution in [0, 0.1) is 0 Å². The molecule has 0 aromatic carbocycles. The molecule has 3 N–H and O–H groups in total. The van der Waals surface area contributed by atoms with Crippen molar-refractivity contribution in [3.05, 3.63) is 17.3 Å². The molecule has 0 fully saturated rings. The van der Waals surface area contributed by atoms with Crippen LogP contribution in [0.2, 0.25) is 5.02 Å². The predicted octanol–water partition coefficient (Wildman–Crippen LogP) is 1.33. The summed E-state index contributed by atoms with van der Waals surface area (Å²) in [6.07, 6.45) is 1.60. The Morgan fingerprint density at radius 3 is 3.06 bits per heavy atom. The first-order valence-corrected chi connectivity index (χ1v) is 5.39. The van der Waals surface area contributed by atoms with Crippen molar-refractivity contribution in [2.45, 2.75) is 18.9 Å². The van der Waals surface area contributed by atoms with Crippen LogP contribution in [0.4, 0.5) is 11.5 Å². The van der Waals surface area contributed by atoms with E-state index < -0.39 is 12.0 Å². The lowest BCUT2D eigenvalue weighted by atomic mass is 10.1. The number of nitrogens with one attached hydrogen (secondary N) is 2. The van der Waals surface area contributed by atoms with Gasteiger partial charge in [0.05, 0.1) is 10.7 Å². The highest BCUT2D eigenvalue weighted by atomic mass is 35.5. The number of aliphatic carboxylic acids is 1. The predicted molar refractivity (Wildman–Crippen MR) is 62.2 cm³/mol. The largest absolute Gasteiger partial charge is 0.481 e. The summed E-state index contributed by atoms with van der Waals surface area (Å²) in [5, 5.41) is 14.5. The van der Waals surface area contributed by atoms with Crippen LogP contribution in [0.25, 0.3) is 0 Å². The van der Waals surface area contributed by atoms with Crippen molar-refractivity contribution in [3.8, 4) is 0 Å². The minimum absolute atomic E-state index is 0.0754. The molecule has 0 spiro atoms. The molecule has 7 heteroatoms. The van der Waals surface area contributed by atoms with Crippen LogP contribution in [-0.4, -0.2) is 28.0 Å². The Morgan fingerprint density at radius 2 is 2.35 bits per heavy atom. The van der Waals surface area contributed by atoms with Gasteiger partial charge in [0.25, 0.3) is 0 Å². The lowest BCUT2D eigenvalue weighted by Crippen LogP contribution is -2.39. The normalized spacial score (nSPS) is 17.9. The number of carboxylic acid groups (broad SMARTS) is 1. The van der Waals surface area contributed by atoms with E-state index in [2.05, 4.69) is 15.6 Å². The molecule has 1 unspecified atom stereocenters. The lowest BCUT2D eigenvalue weighted by Gasteiger charge is -2.25. The molecule has 17 heavy (non-hydrogen) atoms. The van der Waals surface area contributed by atoms with Crippen LogP contribution in [0.5, 0.6) is 0 Å². The molecule has 1 aliphatic rings. The van der Waals surface area contributed by atoms with Gasteiger partial charge in [-0.25, -0.2) is 4.98 Å². The quantitative estimate of drug-likeness (QED) is 0.758. The molecule has 1 atom stereocenters. The summed E-state index contributed by atoms with van der Waals surface area (Å²) in [6, 6.07) is 1.01. The van der Waals surface area contributed by atoms with Crippen molar-refractivity contribution in [1.29, 1.82) is 0 Å². The first-order valence-electron chi connectivity index (χ1n) is 5.01. The summed E-state index contributed by atoms with van der Waals surface area (Å²) in [5.74, 6) is -0.707. The van der Waals surface area contributed by atoms with Gasteiger partial charge >= 0.3 is 5.97 Å². The average Bonchev–Trinajstić information content (AvgIpc) is 2.26. The number of pyridine rings is 1. The number of amides is 1. The van der Waals surface area contributed by atoms with Crippen molar-refractivity contribution < 1.29 is 14.7 Å². The van der Waals surface area contributed by atoms with Crippen LogP contribution < -0.4 is 10.6 Å². The Labute approximate surface area is 102 Å². The summed E-state index contributed by atoms with van der Waals surface area (Å²) in [7, 11) is 0. The van der Waals surface area contributed by atoms with E-state index in [0.29, 0.717) is 16.5 Å². The van der Waals surface area contributed by atoms with E-state index in [4.69, 9.17) is 16.7 Å². The van der Waals surface area contributed by atoms with E-state index >= 15 is 0 Å². The third kappa shape index (κ3) is 2.65. The number of aromatic nitrogens is 1. The molecule has 6 nitrogen and oxygen atoms in total. The number of fused-ring (bicyclic) bond motifs is 1. The Kier molecular flexibility index (Phi) is 3.14. The molecular weight excluding hydrogens is 246 g/mol. The molecule has 0 saturated carbocycles.